The van der Waals surface area contributed by atoms with Gasteiger partial charge in [-0.2, -0.15) is 0 Å². The van der Waals surface area contributed by atoms with Crippen LogP contribution in [0.25, 0.3) is 0 Å². The molecule has 1 aromatic carbocycles. The summed E-state index contributed by atoms with van der Waals surface area (Å²) >= 11 is 0. The molecule has 1 aromatic rings. The van der Waals surface area contributed by atoms with E-state index in [9.17, 15) is 0 Å². The first-order valence-corrected chi connectivity index (χ1v) is 7.50. The van der Waals surface area contributed by atoms with Gasteiger partial charge in [-0.15, -0.1) is 0 Å². The van der Waals surface area contributed by atoms with Crippen molar-refractivity contribution in [3.8, 4) is 0 Å². The van der Waals surface area contributed by atoms with E-state index in [1.165, 1.54) is 62.5 Å². The Kier molecular flexibility index (Phi) is 3.76. The summed E-state index contributed by atoms with van der Waals surface area (Å²) in [5.74, 6) is 0. The number of hydrogen-bond acceptors (Lipinski definition) is 3. The van der Waals surface area contributed by atoms with Crippen molar-refractivity contribution in [3.05, 3.63) is 29.3 Å². The van der Waals surface area contributed by atoms with Gasteiger partial charge in [0.2, 0.25) is 0 Å². The summed E-state index contributed by atoms with van der Waals surface area (Å²) < 4.78 is 0. The van der Waals surface area contributed by atoms with Crippen LogP contribution < -0.4 is 10.2 Å². The number of nitrogens with zero attached hydrogens (tertiary/aromatic N) is 2. The molecule has 0 saturated carbocycles. The highest BCUT2D eigenvalue weighted by Crippen LogP contribution is 2.21. The van der Waals surface area contributed by atoms with Gasteiger partial charge >= 0.3 is 0 Å². The molecule has 0 spiro atoms. The third-order valence-electron chi connectivity index (χ3n) is 4.44. The molecule has 0 radical (unpaired) electrons. The zero-order valence-electron chi connectivity index (χ0n) is 12.2. The van der Waals surface area contributed by atoms with Gasteiger partial charge in [-0.25, -0.2) is 0 Å². The summed E-state index contributed by atoms with van der Waals surface area (Å²) in [7, 11) is 0. The van der Waals surface area contributed by atoms with E-state index in [0.717, 1.165) is 6.04 Å². The Labute approximate surface area is 116 Å². The van der Waals surface area contributed by atoms with Crippen molar-refractivity contribution in [3.63, 3.8) is 0 Å². The third kappa shape index (κ3) is 2.93. The lowest BCUT2D eigenvalue weighted by atomic mass is 10.1. The Morgan fingerprint density at radius 2 is 1.68 bits per heavy atom. The fourth-order valence-electron chi connectivity index (χ4n) is 3.43. The van der Waals surface area contributed by atoms with Crippen molar-refractivity contribution >= 4 is 5.69 Å². The average molecular weight is 259 g/mol. The zero-order valence-corrected chi connectivity index (χ0v) is 12.2. The largest absolute Gasteiger partial charge is 0.369 e. The fraction of sp³-hybridized carbons (Fsp3) is 0.625. The molecule has 0 bridgehead atoms. The quantitative estimate of drug-likeness (QED) is 0.873. The van der Waals surface area contributed by atoms with E-state index >= 15 is 0 Å². The van der Waals surface area contributed by atoms with E-state index in [-0.39, 0.29) is 0 Å². The van der Waals surface area contributed by atoms with Gasteiger partial charge in [0.05, 0.1) is 0 Å². The van der Waals surface area contributed by atoms with Gasteiger partial charge in [0.15, 0.2) is 0 Å². The van der Waals surface area contributed by atoms with Crippen LogP contribution >= 0.6 is 0 Å². The molecular formula is C16H25N3. The van der Waals surface area contributed by atoms with Crippen molar-refractivity contribution in [2.45, 2.75) is 26.3 Å². The monoisotopic (exact) mass is 259 g/mol. The minimum atomic E-state index is 0.779. The van der Waals surface area contributed by atoms with Crippen LogP contribution in [-0.2, 0) is 0 Å². The predicted octanol–water partition coefficient (Wildman–Crippen LogP) is 1.79. The van der Waals surface area contributed by atoms with Crippen LogP contribution in [0.5, 0.6) is 0 Å². The Hall–Kier alpha value is -1.06. The molecule has 0 amide bonds. The van der Waals surface area contributed by atoms with Crippen LogP contribution in [0.1, 0.15) is 17.5 Å². The predicted molar refractivity (Wildman–Crippen MR) is 81.0 cm³/mol. The number of piperazine rings is 1. The highest BCUT2D eigenvalue weighted by Gasteiger charge is 2.26. The second kappa shape index (κ2) is 5.51. The van der Waals surface area contributed by atoms with E-state index in [2.05, 4.69) is 47.2 Å². The molecule has 1 N–H and O–H groups in total. The normalized spacial score (nSPS) is 24.9. The van der Waals surface area contributed by atoms with Gasteiger partial charge < -0.3 is 10.2 Å². The van der Waals surface area contributed by atoms with Crippen molar-refractivity contribution in [2.24, 2.45) is 0 Å². The lowest BCUT2D eigenvalue weighted by Crippen LogP contribution is -2.51. The highest BCUT2D eigenvalue weighted by atomic mass is 15.3. The van der Waals surface area contributed by atoms with E-state index < -0.39 is 0 Å². The standard InChI is InChI=1S/C16H25N3/c1-13-9-14(2)11-16(10-13)19-7-5-18(6-8-19)15-3-4-17-12-15/h9-11,15,17H,3-8,12H2,1-2H3. The first-order valence-electron chi connectivity index (χ1n) is 7.50. The molecule has 1 atom stereocenters. The molecule has 2 saturated heterocycles. The maximum atomic E-state index is 3.47. The van der Waals surface area contributed by atoms with Gasteiger partial charge in [-0.05, 0) is 50.1 Å². The molecule has 0 aromatic heterocycles. The number of anilines is 1. The number of benzene rings is 1. The van der Waals surface area contributed by atoms with Crippen LogP contribution in [-0.4, -0.2) is 50.2 Å². The second-order valence-electron chi connectivity index (χ2n) is 6.02. The molecule has 0 aliphatic carbocycles. The molecule has 2 aliphatic heterocycles. The average Bonchev–Trinajstić information content (AvgIpc) is 2.91. The van der Waals surface area contributed by atoms with Crippen LogP contribution in [0.3, 0.4) is 0 Å². The molecule has 2 aliphatic rings. The first-order chi connectivity index (χ1) is 9.22. The van der Waals surface area contributed by atoms with E-state index in [1.54, 1.807) is 0 Å². The number of nitrogens with one attached hydrogen (secondary N) is 1. The molecular weight excluding hydrogens is 234 g/mol. The molecule has 19 heavy (non-hydrogen) atoms. The maximum absolute atomic E-state index is 3.47. The molecule has 3 nitrogen and oxygen atoms in total. The van der Waals surface area contributed by atoms with Crippen LogP contribution in [0.4, 0.5) is 5.69 Å². The Morgan fingerprint density at radius 1 is 1.00 bits per heavy atom. The van der Waals surface area contributed by atoms with Gasteiger partial charge in [0.25, 0.3) is 0 Å². The van der Waals surface area contributed by atoms with Crippen LogP contribution in [0, 0.1) is 13.8 Å². The number of rotatable bonds is 2. The van der Waals surface area contributed by atoms with Crippen LogP contribution in [0.15, 0.2) is 18.2 Å². The van der Waals surface area contributed by atoms with E-state index in [1.807, 2.05) is 0 Å². The fourth-order valence-corrected chi connectivity index (χ4v) is 3.43. The minimum absolute atomic E-state index is 0.779. The summed E-state index contributed by atoms with van der Waals surface area (Å²) in [6.45, 7) is 11.5. The van der Waals surface area contributed by atoms with E-state index in [4.69, 9.17) is 0 Å². The van der Waals surface area contributed by atoms with Gasteiger partial charge in [-0.1, -0.05) is 6.07 Å². The molecule has 1 unspecified atom stereocenters. The van der Waals surface area contributed by atoms with Crippen LogP contribution in [0.2, 0.25) is 0 Å². The lowest BCUT2D eigenvalue weighted by Gasteiger charge is -2.39. The van der Waals surface area contributed by atoms with Crippen molar-refractivity contribution in [1.29, 1.82) is 0 Å². The van der Waals surface area contributed by atoms with Gasteiger partial charge in [0, 0.05) is 44.5 Å². The number of aryl methyl sites for hydroxylation is 2. The Bertz CT molecular complexity index is 409. The molecule has 2 heterocycles. The summed E-state index contributed by atoms with van der Waals surface area (Å²) in [5.41, 5.74) is 4.15. The maximum Gasteiger partial charge on any atom is 0.0372 e. The second-order valence-corrected chi connectivity index (χ2v) is 6.02. The lowest BCUT2D eigenvalue weighted by molar-refractivity contribution is 0.196. The van der Waals surface area contributed by atoms with Crippen molar-refractivity contribution in [1.82, 2.24) is 10.2 Å². The Balaban J connectivity index is 1.63. The van der Waals surface area contributed by atoms with Gasteiger partial charge in [0.1, 0.15) is 0 Å². The summed E-state index contributed by atoms with van der Waals surface area (Å²) in [4.78, 5) is 5.21. The third-order valence-corrected chi connectivity index (χ3v) is 4.44. The minimum Gasteiger partial charge on any atom is -0.369 e. The van der Waals surface area contributed by atoms with E-state index in [0.29, 0.717) is 0 Å². The van der Waals surface area contributed by atoms with Crippen molar-refractivity contribution in [2.75, 3.05) is 44.2 Å². The summed E-state index contributed by atoms with van der Waals surface area (Å²) in [5, 5.41) is 3.47. The number of hydrogen-bond donors (Lipinski definition) is 1. The topological polar surface area (TPSA) is 18.5 Å². The molecule has 104 valence electrons. The molecule has 3 heteroatoms. The molecule has 3 rings (SSSR count). The smallest absolute Gasteiger partial charge is 0.0372 e. The highest BCUT2D eigenvalue weighted by molar-refractivity contribution is 5.51. The first kappa shape index (κ1) is 12.9. The summed E-state index contributed by atoms with van der Waals surface area (Å²) in [6.07, 6.45) is 1.32. The van der Waals surface area contributed by atoms with Gasteiger partial charge in [-0.3, -0.25) is 4.90 Å². The molecule has 2 fully saturated rings. The Morgan fingerprint density at radius 3 is 2.26 bits per heavy atom. The zero-order chi connectivity index (χ0) is 13.2. The van der Waals surface area contributed by atoms with Crippen molar-refractivity contribution < 1.29 is 0 Å². The summed E-state index contributed by atoms with van der Waals surface area (Å²) in [6, 6.07) is 7.67. The SMILES string of the molecule is Cc1cc(C)cc(N2CCN(C3CCNC3)CC2)c1.